The third-order valence-electron chi connectivity index (χ3n) is 6.58. The predicted octanol–water partition coefficient (Wildman–Crippen LogP) is 2.65. The summed E-state index contributed by atoms with van der Waals surface area (Å²) in [7, 11) is 0. The van der Waals surface area contributed by atoms with Gasteiger partial charge in [-0.15, -0.1) is 0 Å². The molecule has 3 N–H and O–H groups in total. The van der Waals surface area contributed by atoms with Gasteiger partial charge in [0, 0.05) is 36.6 Å². The average Bonchev–Trinajstić information content (AvgIpc) is 3.53. The number of anilines is 2. The number of rotatable bonds is 5. The molecule has 5 heterocycles. The van der Waals surface area contributed by atoms with Gasteiger partial charge in [-0.3, -0.25) is 19.3 Å². The number of para-hydroxylation sites is 1. The number of nitrogens with zero attached hydrogens (tertiary/aromatic N) is 7. The maximum absolute atomic E-state index is 14.1. The van der Waals surface area contributed by atoms with E-state index < -0.39 is 0 Å². The van der Waals surface area contributed by atoms with Gasteiger partial charge in [0.2, 0.25) is 5.95 Å². The van der Waals surface area contributed by atoms with Crippen LogP contribution in [0.2, 0.25) is 0 Å². The summed E-state index contributed by atoms with van der Waals surface area (Å²) in [6, 6.07) is 12.7. The minimum absolute atomic E-state index is 0.0757. The Morgan fingerprint density at radius 3 is 2.67 bits per heavy atom. The summed E-state index contributed by atoms with van der Waals surface area (Å²) in [5, 5.41) is 11.9. The van der Waals surface area contributed by atoms with E-state index in [2.05, 4.69) is 27.1 Å². The van der Waals surface area contributed by atoms with Crippen LogP contribution in [0.5, 0.6) is 0 Å². The lowest BCUT2D eigenvalue weighted by Crippen LogP contribution is -2.52. The van der Waals surface area contributed by atoms with Crippen molar-refractivity contribution >= 4 is 23.1 Å². The van der Waals surface area contributed by atoms with Gasteiger partial charge in [0.15, 0.2) is 11.6 Å². The van der Waals surface area contributed by atoms with Gasteiger partial charge in [-0.1, -0.05) is 25.1 Å². The van der Waals surface area contributed by atoms with Crippen molar-refractivity contribution in [1.82, 2.24) is 34.3 Å². The highest BCUT2D eigenvalue weighted by Crippen LogP contribution is 2.42. The van der Waals surface area contributed by atoms with Crippen LogP contribution in [-0.4, -0.2) is 46.7 Å². The number of benzene rings is 1. The largest absolute Gasteiger partial charge is 0.368 e. The minimum Gasteiger partial charge on any atom is -0.368 e. The second-order valence-corrected chi connectivity index (χ2v) is 8.92. The molecule has 1 saturated heterocycles. The third-order valence-corrected chi connectivity index (χ3v) is 6.58. The van der Waals surface area contributed by atoms with Crippen LogP contribution in [0, 0.1) is 5.92 Å². The normalized spacial score (nSPS) is 17.3. The Morgan fingerprint density at radius 2 is 1.97 bits per heavy atom. The van der Waals surface area contributed by atoms with Crippen LogP contribution in [-0.2, 0) is 0 Å². The van der Waals surface area contributed by atoms with Crippen molar-refractivity contribution in [3.05, 3.63) is 82.8 Å². The number of carbonyl (C=O) groups excluding carboxylic acids is 1. The topological polar surface area (TPSA) is 140 Å². The van der Waals surface area contributed by atoms with E-state index in [-0.39, 0.29) is 29.3 Å². The summed E-state index contributed by atoms with van der Waals surface area (Å²) in [6.45, 7) is 4.17. The molecule has 2 atom stereocenters. The molecule has 11 heteroatoms. The molecule has 6 rings (SSSR count). The van der Waals surface area contributed by atoms with Gasteiger partial charge in [0.1, 0.15) is 11.3 Å². The SMILES string of the molecule is CC(=O)c1cnc(N)nc1N1C[C@H](C)C1c1nn2ccc(-c3ccn[nH]3)c2c(=O)n1-c1ccccc1. The molecule has 4 aromatic heterocycles. The van der Waals surface area contributed by atoms with Gasteiger partial charge in [0.05, 0.1) is 23.0 Å². The Hall–Kier alpha value is -4.80. The highest BCUT2D eigenvalue weighted by Gasteiger charge is 2.43. The molecular weight excluding hydrogens is 458 g/mol. The first-order valence-electron chi connectivity index (χ1n) is 11.5. The van der Waals surface area contributed by atoms with E-state index in [9.17, 15) is 9.59 Å². The lowest BCUT2D eigenvalue weighted by molar-refractivity contribution is 0.101. The van der Waals surface area contributed by atoms with E-state index in [0.717, 1.165) is 5.69 Å². The van der Waals surface area contributed by atoms with E-state index in [0.29, 0.717) is 40.5 Å². The zero-order valence-corrected chi connectivity index (χ0v) is 19.7. The Morgan fingerprint density at radius 1 is 1.17 bits per heavy atom. The number of aromatic nitrogens is 7. The first-order chi connectivity index (χ1) is 17.4. The fraction of sp³-hybridized carbons (Fsp3) is 0.200. The van der Waals surface area contributed by atoms with E-state index in [1.807, 2.05) is 47.4 Å². The summed E-state index contributed by atoms with van der Waals surface area (Å²) in [4.78, 5) is 36.8. The first-order valence-corrected chi connectivity index (χ1v) is 11.5. The van der Waals surface area contributed by atoms with Crippen molar-refractivity contribution in [2.75, 3.05) is 17.2 Å². The summed E-state index contributed by atoms with van der Waals surface area (Å²) in [6.07, 6.45) is 4.86. The van der Waals surface area contributed by atoms with Crippen molar-refractivity contribution in [1.29, 1.82) is 0 Å². The van der Waals surface area contributed by atoms with E-state index >= 15 is 0 Å². The standard InChI is InChI=1S/C25H23N9O2/c1-14-13-32(22-18(15(2)35)12-27-25(26)29-22)20(14)23-31-33-11-9-17(19-8-10-28-30-19)21(33)24(36)34(23)16-6-4-3-5-7-16/h3-12,14,20H,13H2,1-2H3,(H,28,30)(H2,26,27,29)/t14-,20?/m0/s1. The Kier molecular flexibility index (Phi) is 4.92. The van der Waals surface area contributed by atoms with Gasteiger partial charge < -0.3 is 10.6 Å². The molecule has 5 aromatic rings. The van der Waals surface area contributed by atoms with E-state index in [1.165, 1.54) is 13.1 Å². The number of nitrogens with two attached hydrogens (primary N) is 1. The second kappa shape index (κ2) is 8.15. The molecule has 36 heavy (non-hydrogen) atoms. The van der Waals surface area contributed by atoms with Crippen LogP contribution >= 0.6 is 0 Å². The summed E-state index contributed by atoms with van der Waals surface area (Å²) < 4.78 is 3.25. The molecule has 0 radical (unpaired) electrons. The number of Topliss-reactive ketones (excluding diaryl/α,β-unsaturated/α-hetero) is 1. The van der Waals surface area contributed by atoms with Crippen LogP contribution in [0.1, 0.15) is 36.1 Å². The van der Waals surface area contributed by atoms with Crippen LogP contribution in [0.25, 0.3) is 22.5 Å². The molecule has 0 amide bonds. The maximum Gasteiger partial charge on any atom is 0.283 e. The summed E-state index contributed by atoms with van der Waals surface area (Å²) in [5.74, 6) is 1.02. The van der Waals surface area contributed by atoms with Crippen molar-refractivity contribution < 1.29 is 4.79 Å². The number of nitrogen functional groups attached to an aromatic ring is 1. The molecule has 0 aliphatic carbocycles. The quantitative estimate of drug-likeness (QED) is 0.365. The number of H-pyrrole nitrogens is 1. The van der Waals surface area contributed by atoms with Crippen molar-refractivity contribution in [2.45, 2.75) is 19.9 Å². The molecule has 11 nitrogen and oxygen atoms in total. The van der Waals surface area contributed by atoms with E-state index in [4.69, 9.17) is 10.8 Å². The van der Waals surface area contributed by atoms with Gasteiger partial charge in [0.25, 0.3) is 5.56 Å². The number of nitrogens with one attached hydrogen (secondary N) is 1. The lowest BCUT2D eigenvalue weighted by atomic mass is 9.88. The van der Waals surface area contributed by atoms with Gasteiger partial charge in [-0.05, 0) is 31.2 Å². The Balaban J connectivity index is 1.60. The van der Waals surface area contributed by atoms with Crippen LogP contribution < -0.4 is 16.2 Å². The van der Waals surface area contributed by atoms with E-state index in [1.54, 1.807) is 21.5 Å². The number of ketones is 1. The molecule has 1 unspecified atom stereocenters. The molecular formula is C25H23N9O2. The third kappa shape index (κ3) is 3.28. The van der Waals surface area contributed by atoms with Crippen LogP contribution in [0.15, 0.2) is 65.8 Å². The van der Waals surface area contributed by atoms with Gasteiger partial charge >= 0.3 is 0 Å². The predicted molar refractivity (Wildman–Crippen MR) is 134 cm³/mol. The smallest absolute Gasteiger partial charge is 0.283 e. The van der Waals surface area contributed by atoms with Crippen LogP contribution in [0.4, 0.5) is 11.8 Å². The Labute approximate surface area is 205 Å². The number of hydrogen-bond donors (Lipinski definition) is 2. The van der Waals surface area contributed by atoms with Crippen LogP contribution in [0.3, 0.4) is 0 Å². The summed E-state index contributed by atoms with van der Waals surface area (Å²) in [5.41, 5.74) is 8.61. The zero-order chi connectivity index (χ0) is 25.0. The number of hydrogen-bond acceptors (Lipinski definition) is 8. The zero-order valence-electron chi connectivity index (χ0n) is 19.7. The van der Waals surface area contributed by atoms with Crippen molar-refractivity contribution in [3.63, 3.8) is 0 Å². The number of aromatic amines is 1. The fourth-order valence-corrected chi connectivity index (χ4v) is 4.88. The average molecular weight is 482 g/mol. The Bertz CT molecular complexity index is 1650. The number of carbonyl (C=O) groups is 1. The second-order valence-electron chi connectivity index (χ2n) is 8.92. The van der Waals surface area contributed by atoms with Crippen molar-refractivity contribution in [3.8, 4) is 16.9 Å². The molecule has 180 valence electrons. The molecule has 1 aliphatic heterocycles. The lowest BCUT2D eigenvalue weighted by Gasteiger charge is -2.47. The molecule has 0 spiro atoms. The first kappa shape index (κ1) is 21.7. The van der Waals surface area contributed by atoms with Gasteiger partial charge in [-0.2, -0.15) is 15.2 Å². The maximum atomic E-state index is 14.1. The minimum atomic E-state index is -0.326. The molecule has 1 aliphatic rings. The summed E-state index contributed by atoms with van der Waals surface area (Å²) >= 11 is 0. The molecule has 1 fully saturated rings. The van der Waals surface area contributed by atoms with Gasteiger partial charge in [-0.25, -0.2) is 9.50 Å². The monoisotopic (exact) mass is 481 g/mol. The van der Waals surface area contributed by atoms with Crippen molar-refractivity contribution in [2.24, 2.45) is 5.92 Å². The highest BCUT2D eigenvalue weighted by molar-refractivity contribution is 5.98. The fourth-order valence-electron chi connectivity index (χ4n) is 4.88. The number of fused-ring (bicyclic) bond motifs is 1. The molecule has 1 aromatic carbocycles. The molecule has 0 bridgehead atoms. The highest BCUT2D eigenvalue weighted by atomic mass is 16.1. The molecule has 0 saturated carbocycles.